The third kappa shape index (κ3) is 2.51. The number of aliphatic imine (C=N–C) groups is 1. The summed E-state index contributed by atoms with van der Waals surface area (Å²) in [5, 5.41) is 0. The molecule has 0 saturated heterocycles. The summed E-state index contributed by atoms with van der Waals surface area (Å²) in [6.07, 6.45) is 1.72. The van der Waals surface area contributed by atoms with E-state index in [9.17, 15) is 0 Å². The van der Waals surface area contributed by atoms with Gasteiger partial charge in [0.2, 0.25) is 0 Å². The van der Waals surface area contributed by atoms with Gasteiger partial charge in [0.1, 0.15) is 5.76 Å². The van der Waals surface area contributed by atoms with Crippen LogP contribution in [0.1, 0.15) is 5.76 Å². The van der Waals surface area contributed by atoms with Gasteiger partial charge in [-0.2, -0.15) is 0 Å². The Labute approximate surface area is 95.0 Å². The first-order valence-corrected chi connectivity index (χ1v) is 5.12. The van der Waals surface area contributed by atoms with Gasteiger partial charge in [-0.15, -0.1) is 0 Å². The fraction of sp³-hybridized carbons (Fsp3) is 0.154. The number of anilines is 1. The molecule has 0 unspecified atom stereocenters. The minimum Gasteiger partial charge on any atom is -0.440 e. The maximum Gasteiger partial charge on any atom is 0.195 e. The summed E-state index contributed by atoms with van der Waals surface area (Å²) >= 11 is 0. The molecule has 3 heteroatoms. The molecule has 1 aromatic carbocycles. The van der Waals surface area contributed by atoms with E-state index in [4.69, 9.17) is 4.42 Å². The quantitative estimate of drug-likeness (QED) is 0.734. The van der Waals surface area contributed by atoms with Gasteiger partial charge in [-0.25, -0.2) is 0 Å². The Morgan fingerprint density at radius 2 is 1.81 bits per heavy atom. The first kappa shape index (κ1) is 10.5. The Morgan fingerprint density at radius 3 is 2.44 bits per heavy atom. The number of rotatable bonds is 3. The van der Waals surface area contributed by atoms with E-state index in [1.54, 1.807) is 6.21 Å². The van der Waals surface area contributed by atoms with Gasteiger partial charge in [-0.3, -0.25) is 4.99 Å². The molecular formula is C13H14N2O. The normalized spacial score (nSPS) is 10.9. The van der Waals surface area contributed by atoms with E-state index >= 15 is 0 Å². The molecule has 0 fully saturated rings. The third-order valence-electron chi connectivity index (χ3n) is 2.15. The summed E-state index contributed by atoms with van der Waals surface area (Å²) in [5.74, 6) is 1.59. The van der Waals surface area contributed by atoms with Crippen molar-refractivity contribution in [3.8, 4) is 0 Å². The van der Waals surface area contributed by atoms with Crippen molar-refractivity contribution in [3.63, 3.8) is 0 Å². The first-order valence-electron chi connectivity index (χ1n) is 5.12. The van der Waals surface area contributed by atoms with Crippen LogP contribution in [0.2, 0.25) is 0 Å². The van der Waals surface area contributed by atoms with Gasteiger partial charge < -0.3 is 9.32 Å². The van der Waals surface area contributed by atoms with Crippen molar-refractivity contribution in [1.82, 2.24) is 0 Å². The Hall–Kier alpha value is -2.03. The van der Waals surface area contributed by atoms with Gasteiger partial charge in [0.05, 0.1) is 11.9 Å². The lowest BCUT2D eigenvalue weighted by Crippen LogP contribution is -2.06. The molecule has 0 N–H and O–H groups in total. The standard InChI is InChI=1S/C13H14N2O/c1-15(2)13-9-8-12(16-13)10-14-11-6-4-3-5-7-11/h3-10H,1-2H3. The van der Waals surface area contributed by atoms with Crippen molar-refractivity contribution >= 4 is 17.8 Å². The van der Waals surface area contributed by atoms with Crippen LogP contribution in [0.25, 0.3) is 0 Å². The minimum absolute atomic E-state index is 0.757. The highest BCUT2D eigenvalue weighted by Crippen LogP contribution is 2.15. The maximum atomic E-state index is 5.54. The van der Waals surface area contributed by atoms with E-state index in [0.717, 1.165) is 17.3 Å². The Balaban J connectivity index is 2.12. The second-order valence-corrected chi connectivity index (χ2v) is 3.66. The lowest BCUT2D eigenvalue weighted by atomic mass is 10.3. The van der Waals surface area contributed by atoms with Gasteiger partial charge in [0.25, 0.3) is 0 Å². The molecule has 0 aliphatic rings. The lowest BCUT2D eigenvalue weighted by molar-refractivity contribution is 0.558. The molecule has 0 saturated carbocycles. The number of nitrogens with zero attached hydrogens (tertiary/aromatic N) is 2. The van der Waals surface area contributed by atoms with Crippen LogP contribution in [-0.2, 0) is 0 Å². The van der Waals surface area contributed by atoms with E-state index in [-0.39, 0.29) is 0 Å². The summed E-state index contributed by atoms with van der Waals surface area (Å²) < 4.78 is 5.54. The largest absolute Gasteiger partial charge is 0.440 e. The first-order chi connectivity index (χ1) is 7.75. The molecule has 3 nitrogen and oxygen atoms in total. The summed E-state index contributed by atoms with van der Waals surface area (Å²) in [4.78, 5) is 6.23. The maximum absolute atomic E-state index is 5.54. The van der Waals surface area contributed by atoms with Crippen molar-refractivity contribution in [2.24, 2.45) is 4.99 Å². The molecule has 0 aliphatic heterocycles. The van der Waals surface area contributed by atoms with E-state index in [1.807, 2.05) is 61.5 Å². The predicted molar refractivity (Wildman–Crippen MR) is 66.7 cm³/mol. The Bertz CT molecular complexity index is 472. The van der Waals surface area contributed by atoms with Crippen LogP contribution in [-0.4, -0.2) is 20.3 Å². The van der Waals surface area contributed by atoms with Crippen LogP contribution >= 0.6 is 0 Å². The van der Waals surface area contributed by atoms with Crippen molar-refractivity contribution in [1.29, 1.82) is 0 Å². The van der Waals surface area contributed by atoms with Crippen molar-refractivity contribution < 1.29 is 4.42 Å². The number of hydrogen-bond donors (Lipinski definition) is 0. The second kappa shape index (κ2) is 4.66. The van der Waals surface area contributed by atoms with Gasteiger partial charge >= 0.3 is 0 Å². The summed E-state index contributed by atoms with van der Waals surface area (Å²) in [6, 6.07) is 13.6. The number of benzene rings is 1. The molecule has 0 amide bonds. The van der Waals surface area contributed by atoms with Gasteiger partial charge in [0.15, 0.2) is 5.88 Å². The smallest absolute Gasteiger partial charge is 0.195 e. The summed E-state index contributed by atoms with van der Waals surface area (Å²) in [7, 11) is 3.88. The van der Waals surface area contributed by atoms with E-state index < -0.39 is 0 Å². The van der Waals surface area contributed by atoms with Crippen LogP contribution in [0.5, 0.6) is 0 Å². The fourth-order valence-electron chi connectivity index (χ4n) is 1.30. The van der Waals surface area contributed by atoms with Crippen LogP contribution < -0.4 is 4.90 Å². The molecule has 0 radical (unpaired) electrons. The average Bonchev–Trinajstić information content (AvgIpc) is 2.76. The average molecular weight is 214 g/mol. The zero-order chi connectivity index (χ0) is 11.4. The molecule has 1 heterocycles. The number of para-hydroxylation sites is 1. The molecule has 16 heavy (non-hydrogen) atoms. The molecule has 2 aromatic rings. The Morgan fingerprint density at radius 1 is 1.06 bits per heavy atom. The van der Waals surface area contributed by atoms with Crippen LogP contribution in [0.4, 0.5) is 11.6 Å². The molecule has 82 valence electrons. The highest BCUT2D eigenvalue weighted by atomic mass is 16.4. The summed E-state index contributed by atoms with van der Waals surface area (Å²) in [6.45, 7) is 0. The minimum atomic E-state index is 0.757. The van der Waals surface area contributed by atoms with E-state index in [2.05, 4.69) is 4.99 Å². The molecule has 1 aromatic heterocycles. The van der Waals surface area contributed by atoms with Crippen LogP contribution in [0.15, 0.2) is 51.9 Å². The zero-order valence-corrected chi connectivity index (χ0v) is 9.42. The molecule has 2 rings (SSSR count). The SMILES string of the molecule is CN(C)c1ccc(C=Nc2ccccc2)o1. The number of hydrogen-bond acceptors (Lipinski definition) is 3. The van der Waals surface area contributed by atoms with E-state index in [1.165, 1.54) is 0 Å². The zero-order valence-electron chi connectivity index (χ0n) is 9.42. The van der Waals surface area contributed by atoms with Gasteiger partial charge in [-0.1, -0.05) is 18.2 Å². The van der Waals surface area contributed by atoms with E-state index in [0.29, 0.717) is 0 Å². The molecule has 0 bridgehead atoms. The lowest BCUT2D eigenvalue weighted by Gasteiger charge is -2.05. The molecule has 0 aliphatic carbocycles. The second-order valence-electron chi connectivity index (χ2n) is 3.66. The molecule has 0 atom stereocenters. The molecular weight excluding hydrogens is 200 g/mol. The van der Waals surface area contributed by atoms with Crippen LogP contribution in [0, 0.1) is 0 Å². The van der Waals surface area contributed by atoms with Crippen molar-refractivity contribution in [3.05, 3.63) is 48.2 Å². The molecule has 0 spiro atoms. The monoisotopic (exact) mass is 214 g/mol. The van der Waals surface area contributed by atoms with Crippen molar-refractivity contribution in [2.45, 2.75) is 0 Å². The fourth-order valence-corrected chi connectivity index (χ4v) is 1.30. The van der Waals surface area contributed by atoms with Gasteiger partial charge in [0, 0.05) is 20.2 Å². The summed E-state index contributed by atoms with van der Waals surface area (Å²) in [5.41, 5.74) is 0.922. The predicted octanol–water partition coefficient (Wildman–Crippen LogP) is 3.10. The number of furan rings is 1. The van der Waals surface area contributed by atoms with Crippen LogP contribution in [0.3, 0.4) is 0 Å². The highest BCUT2D eigenvalue weighted by Gasteiger charge is 2.00. The topological polar surface area (TPSA) is 28.7 Å². The Kier molecular flexibility index (Phi) is 3.05. The third-order valence-corrected chi connectivity index (χ3v) is 2.15. The van der Waals surface area contributed by atoms with Gasteiger partial charge in [-0.05, 0) is 18.2 Å². The van der Waals surface area contributed by atoms with Crippen molar-refractivity contribution in [2.75, 3.05) is 19.0 Å². The highest BCUT2D eigenvalue weighted by molar-refractivity contribution is 5.79.